The van der Waals surface area contributed by atoms with Crippen LogP contribution in [0.15, 0.2) is 4.47 Å². The summed E-state index contributed by atoms with van der Waals surface area (Å²) in [5.41, 5.74) is 0.107. The second-order valence-corrected chi connectivity index (χ2v) is 3.21. The second-order valence-electron chi connectivity index (χ2n) is 2.41. The fraction of sp³-hybridized carbons (Fsp3) is 0.500. The van der Waals surface area contributed by atoms with Crippen molar-refractivity contribution in [3.05, 3.63) is 15.9 Å². The summed E-state index contributed by atoms with van der Waals surface area (Å²) in [4.78, 5) is 0. The minimum atomic E-state index is -4.29. The normalized spacial score (nSPS) is 12.1. The predicted molar refractivity (Wildman–Crippen MR) is 42.0 cm³/mol. The molecule has 2 N–H and O–H groups in total. The maximum Gasteiger partial charge on any atom is 0.394 e. The zero-order valence-electron chi connectivity index (χ0n) is 6.32. The summed E-state index contributed by atoms with van der Waals surface area (Å²) >= 11 is 2.91. The monoisotopic (exact) mass is 258 g/mol. The zero-order valence-corrected chi connectivity index (χ0v) is 7.91. The first kappa shape index (κ1) is 10.5. The van der Waals surface area contributed by atoms with Crippen molar-refractivity contribution in [1.82, 2.24) is 10.2 Å². The lowest BCUT2D eigenvalue weighted by Crippen LogP contribution is -2.12. The summed E-state index contributed by atoms with van der Waals surface area (Å²) in [6, 6.07) is 0. The summed E-state index contributed by atoms with van der Waals surface area (Å²) in [7, 11) is 0. The molecule has 0 saturated heterocycles. The molecule has 1 aromatic heterocycles. The molecule has 0 aliphatic rings. The number of nitrogens with zero attached hydrogens (tertiary/aromatic N) is 1. The standard InChI is InChI=1S/C6H6BrF3N2O/c7-5-3(1-6(8,9)10)11-12-4(5)2-13/h13H,1-2H2,(H,11,12). The number of aromatic amines is 1. The summed E-state index contributed by atoms with van der Waals surface area (Å²) in [6.07, 6.45) is -5.39. The molecular formula is C6H6BrF3N2O. The van der Waals surface area contributed by atoms with Gasteiger partial charge in [0.2, 0.25) is 0 Å². The molecular weight excluding hydrogens is 253 g/mol. The van der Waals surface area contributed by atoms with Crippen LogP contribution in [0.5, 0.6) is 0 Å². The molecule has 0 bridgehead atoms. The number of rotatable bonds is 2. The average Bonchev–Trinajstić information content (AvgIpc) is 2.30. The summed E-state index contributed by atoms with van der Waals surface area (Å²) < 4.78 is 35.9. The first-order valence-corrected chi connectivity index (χ1v) is 4.12. The van der Waals surface area contributed by atoms with Crippen LogP contribution in [0.3, 0.4) is 0 Å². The van der Waals surface area contributed by atoms with Gasteiger partial charge in [-0.05, 0) is 15.9 Å². The Morgan fingerprint density at radius 1 is 1.46 bits per heavy atom. The van der Waals surface area contributed by atoms with Crippen molar-refractivity contribution < 1.29 is 18.3 Å². The van der Waals surface area contributed by atoms with Gasteiger partial charge in [0, 0.05) is 0 Å². The quantitative estimate of drug-likeness (QED) is 0.850. The lowest BCUT2D eigenvalue weighted by Gasteiger charge is -2.02. The van der Waals surface area contributed by atoms with Crippen molar-refractivity contribution in [3.8, 4) is 0 Å². The van der Waals surface area contributed by atoms with Crippen LogP contribution in [0.2, 0.25) is 0 Å². The third kappa shape index (κ3) is 2.70. The molecule has 13 heavy (non-hydrogen) atoms. The Bertz CT molecular complexity index is 297. The maximum atomic E-state index is 11.9. The number of nitrogens with one attached hydrogen (secondary N) is 1. The molecule has 3 nitrogen and oxygen atoms in total. The Labute approximate surface area is 80.1 Å². The van der Waals surface area contributed by atoms with Crippen molar-refractivity contribution in [2.75, 3.05) is 0 Å². The van der Waals surface area contributed by atoms with Gasteiger partial charge in [0.1, 0.15) is 0 Å². The van der Waals surface area contributed by atoms with Crippen molar-refractivity contribution >= 4 is 15.9 Å². The molecule has 0 saturated carbocycles. The number of H-pyrrole nitrogens is 1. The van der Waals surface area contributed by atoms with E-state index in [1.54, 1.807) is 0 Å². The Morgan fingerprint density at radius 3 is 2.46 bits per heavy atom. The van der Waals surface area contributed by atoms with Crippen molar-refractivity contribution in [1.29, 1.82) is 0 Å². The third-order valence-corrected chi connectivity index (χ3v) is 2.31. The van der Waals surface area contributed by atoms with Crippen LogP contribution >= 0.6 is 15.9 Å². The number of aliphatic hydroxyl groups excluding tert-OH is 1. The van der Waals surface area contributed by atoms with Crippen LogP contribution in [0.25, 0.3) is 0 Å². The van der Waals surface area contributed by atoms with Gasteiger partial charge >= 0.3 is 6.18 Å². The molecule has 0 aliphatic heterocycles. The van der Waals surface area contributed by atoms with E-state index in [4.69, 9.17) is 5.11 Å². The van der Waals surface area contributed by atoms with E-state index < -0.39 is 12.6 Å². The molecule has 1 rings (SSSR count). The molecule has 0 aliphatic carbocycles. The zero-order chi connectivity index (χ0) is 10.1. The van der Waals surface area contributed by atoms with Gasteiger partial charge in [-0.1, -0.05) is 0 Å². The van der Waals surface area contributed by atoms with E-state index in [1.165, 1.54) is 0 Å². The van der Waals surface area contributed by atoms with Crippen LogP contribution in [0.1, 0.15) is 11.4 Å². The first-order valence-electron chi connectivity index (χ1n) is 3.33. The Balaban J connectivity index is 2.84. The van der Waals surface area contributed by atoms with Crippen molar-refractivity contribution in [3.63, 3.8) is 0 Å². The fourth-order valence-electron chi connectivity index (χ4n) is 0.819. The Morgan fingerprint density at radius 2 is 2.08 bits per heavy atom. The van der Waals surface area contributed by atoms with E-state index in [-0.39, 0.29) is 22.5 Å². The van der Waals surface area contributed by atoms with Crippen molar-refractivity contribution in [2.45, 2.75) is 19.2 Å². The Hall–Kier alpha value is -0.560. The molecule has 0 aromatic carbocycles. The van der Waals surface area contributed by atoms with E-state index >= 15 is 0 Å². The topological polar surface area (TPSA) is 48.9 Å². The number of alkyl halides is 3. The SMILES string of the molecule is OCc1[nH]nc(CC(F)(F)F)c1Br. The van der Waals surface area contributed by atoms with Crippen LogP contribution in [0.4, 0.5) is 13.2 Å². The molecule has 0 radical (unpaired) electrons. The van der Waals surface area contributed by atoms with Crippen molar-refractivity contribution in [2.24, 2.45) is 0 Å². The molecule has 7 heteroatoms. The van der Waals surface area contributed by atoms with Crippen LogP contribution in [-0.2, 0) is 13.0 Å². The van der Waals surface area contributed by atoms with E-state index in [0.29, 0.717) is 0 Å². The number of aliphatic hydroxyl groups is 1. The molecule has 0 amide bonds. The van der Waals surface area contributed by atoms with Gasteiger partial charge in [-0.15, -0.1) is 0 Å². The van der Waals surface area contributed by atoms with Gasteiger partial charge in [-0.25, -0.2) is 0 Å². The van der Waals surface area contributed by atoms with E-state index in [0.717, 1.165) is 0 Å². The minimum absolute atomic E-state index is 0.142. The van der Waals surface area contributed by atoms with Crippen LogP contribution < -0.4 is 0 Å². The van der Waals surface area contributed by atoms with Gasteiger partial charge in [0.15, 0.2) is 0 Å². The molecule has 0 spiro atoms. The van der Waals surface area contributed by atoms with Crippen LogP contribution in [-0.4, -0.2) is 21.5 Å². The fourth-order valence-corrected chi connectivity index (χ4v) is 1.26. The molecule has 0 atom stereocenters. The minimum Gasteiger partial charge on any atom is -0.390 e. The van der Waals surface area contributed by atoms with Crippen LogP contribution in [0, 0.1) is 0 Å². The number of halogens is 4. The van der Waals surface area contributed by atoms with Gasteiger partial charge in [-0.3, -0.25) is 5.10 Å². The molecule has 1 aromatic rings. The molecule has 0 unspecified atom stereocenters. The van der Waals surface area contributed by atoms with Gasteiger partial charge < -0.3 is 5.11 Å². The summed E-state index contributed by atoms with van der Waals surface area (Å²) in [6.45, 7) is -0.370. The largest absolute Gasteiger partial charge is 0.394 e. The predicted octanol–water partition coefficient (Wildman–Crippen LogP) is 1.77. The lowest BCUT2D eigenvalue weighted by atomic mass is 10.3. The summed E-state index contributed by atoms with van der Waals surface area (Å²) in [5.74, 6) is 0. The van der Waals surface area contributed by atoms with E-state index in [1.807, 2.05) is 0 Å². The van der Waals surface area contributed by atoms with Gasteiger partial charge in [0.25, 0.3) is 0 Å². The number of aromatic nitrogens is 2. The number of hydrogen-bond acceptors (Lipinski definition) is 2. The average molecular weight is 259 g/mol. The summed E-state index contributed by atoms with van der Waals surface area (Å²) in [5, 5.41) is 14.4. The number of hydrogen-bond donors (Lipinski definition) is 2. The van der Waals surface area contributed by atoms with Gasteiger partial charge in [0.05, 0.1) is 28.9 Å². The highest BCUT2D eigenvalue weighted by Crippen LogP contribution is 2.26. The molecule has 74 valence electrons. The molecule has 1 heterocycles. The van der Waals surface area contributed by atoms with Gasteiger partial charge in [-0.2, -0.15) is 18.3 Å². The highest BCUT2D eigenvalue weighted by atomic mass is 79.9. The first-order chi connectivity index (χ1) is 5.94. The third-order valence-electron chi connectivity index (χ3n) is 1.37. The Kier molecular flexibility index (Phi) is 2.97. The highest BCUT2D eigenvalue weighted by Gasteiger charge is 2.30. The molecule has 0 fully saturated rings. The maximum absolute atomic E-state index is 11.9. The van der Waals surface area contributed by atoms with E-state index in [9.17, 15) is 13.2 Å². The van der Waals surface area contributed by atoms with E-state index in [2.05, 4.69) is 26.1 Å². The second kappa shape index (κ2) is 3.67. The smallest absolute Gasteiger partial charge is 0.390 e. The highest BCUT2D eigenvalue weighted by molar-refractivity contribution is 9.10. The lowest BCUT2D eigenvalue weighted by molar-refractivity contribution is -0.127.